The zero-order valence-corrected chi connectivity index (χ0v) is 16.2. The Morgan fingerprint density at radius 2 is 2.12 bits per heavy atom. The first-order valence-corrected chi connectivity index (χ1v) is 9.85. The molecule has 3 aromatic heterocycles. The summed E-state index contributed by atoms with van der Waals surface area (Å²) in [5.74, 6) is 2.79. The van der Waals surface area contributed by atoms with E-state index in [0.717, 1.165) is 47.7 Å². The molecule has 138 valence electrons. The van der Waals surface area contributed by atoms with Gasteiger partial charge >= 0.3 is 0 Å². The van der Waals surface area contributed by atoms with Crippen molar-refractivity contribution in [2.45, 2.75) is 45.1 Å². The van der Waals surface area contributed by atoms with Gasteiger partial charge in [-0.3, -0.25) is 0 Å². The molecule has 8 nitrogen and oxygen atoms in total. The van der Waals surface area contributed by atoms with E-state index < -0.39 is 0 Å². The minimum absolute atomic E-state index is 0.365. The molecule has 0 aliphatic carbocycles. The van der Waals surface area contributed by atoms with E-state index in [1.54, 1.807) is 23.9 Å². The van der Waals surface area contributed by atoms with Gasteiger partial charge in [-0.05, 0) is 12.8 Å². The average Bonchev–Trinajstić information content (AvgIpc) is 3.38. The van der Waals surface area contributed by atoms with Crippen LogP contribution in [0.5, 0.6) is 0 Å². The molecule has 0 N–H and O–H groups in total. The maximum atomic E-state index is 4.50. The highest BCUT2D eigenvalue weighted by Crippen LogP contribution is 2.32. The lowest BCUT2D eigenvalue weighted by molar-refractivity contribution is 0.477. The Morgan fingerprint density at radius 1 is 1.23 bits per heavy atom. The first-order chi connectivity index (χ1) is 12.6. The molecule has 3 aromatic rings. The number of anilines is 1. The van der Waals surface area contributed by atoms with E-state index in [0.29, 0.717) is 18.4 Å². The van der Waals surface area contributed by atoms with Crippen molar-refractivity contribution in [1.82, 2.24) is 34.5 Å². The van der Waals surface area contributed by atoms with Crippen molar-refractivity contribution in [3.63, 3.8) is 0 Å². The Morgan fingerprint density at radius 3 is 2.85 bits per heavy atom. The Kier molecular flexibility index (Phi) is 4.71. The Bertz CT molecular complexity index is 850. The highest BCUT2D eigenvalue weighted by molar-refractivity contribution is 7.15. The molecular weight excluding hydrogens is 348 g/mol. The Hall–Kier alpha value is -2.29. The maximum Gasteiger partial charge on any atom is 0.208 e. The molecule has 1 unspecified atom stereocenters. The fraction of sp³-hybridized carbons (Fsp3) is 0.588. The Labute approximate surface area is 156 Å². The second-order valence-corrected chi connectivity index (χ2v) is 8.12. The van der Waals surface area contributed by atoms with E-state index in [2.05, 4.69) is 55.7 Å². The lowest BCUT2D eigenvalue weighted by atomic mass is 9.97. The third kappa shape index (κ3) is 3.35. The van der Waals surface area contributed by atoms with Gasteiger partial charge < -0.3 is 14.0 Å². The van der Waals surface area contributed by atoms with E-state index in [9.17, 15) is 0 Å². The van der Waals surface area contributed by atoms with E-state index in [1.165, 1.54) is 0 Å². The van der Waals surface area contributed by atoms with Crippen LogP contribution >= 0.6 is 11.3 Å². The summed E-state index contributed by atoms with van der Waals surface area (Å²) in [5, 5.41) is 19.8. The minimum atomic E-state index is 0.365. The van der Waals surface area contributed by atoms with Crippen molar-refractivity contribution < 1.29 is 0 Å². The van der Waals surface area contributed by atoms with Crippen LogP contribution < -0.4 is 4.90 Å². The minimum Gasteiger partial charge on any atom is -0.346 e. The molecule has 1 atom stereocenters. The van der Waals surface area contributed by atoms with Gasteiger partial charge in [-0.2, -0.15) is 0 Å². The monoisotopic (exact) mass is 372 g/mol. The van der Waals surface area contributed by atoms with Crippen molar-refractivity contribution >= 4 is 16.5 Å². The summed E-state index contributed by atoms with van der Waals surface area (Å²) in [7, 11) is 2.06. The summed E-state index contributed by atoms with van der Waals surface area (Å²) in [5.41, 5.74) is 0. The standard InChI is InChI=1S/C17H24N8S/c1-12(2)16-21-22-17(26-16)25-7-4-5-13(9-25)15-20-19-14(23(15)3)10-24-8-6-18-11-24/h6,8,11-13H,4-5,7,9-10H2,1-3H3. The highest BCUT2D eigenvalue weighted by Gasteiger charge is 2.28. The second-order valence-electron chi connectivity index (χ2n) is 7.13. The molecule has 1 fully saturated rings. The number of nitrogens with zero attached hydrogens (tertiary/aromatic N) is 8. The SMILES string of the molecule is CC(C)c1nnc(N2CCCC(c3nnc(Cn4ccnc4)n3C)C2)s1. The van der Waals surface area contributed by atoms with Gasteiger partial charge in [0.2, 0.25) is 5.13 Å². The number of aromatic nitrogens is 7. The molecule has 26 heavy (non-hydrogen) atoms. The van der Waals surface area contributed by atoms with Crippen molar-refractivity contribution in [3.8, 4) is 0 Å². The van der Waals surface area contributed by atoms with E-state index in [4.69, 9.17) is 0 Å². The van der Waals surface area contributed by atoms with Gasteiger partial charge in [-0.25, -0.2) is 4.98 Å². The number of hydrogen-bond acceptors (Lipinski definition) is 7. The predicted molar refractivity (Wildman–Crippen MR) is 101 cm³/mol. The van der Waals surface area contributed by atoms with Crippen LogP contribution in [-0.4, -0.2) is 47.6 Å². The topological polar surface area (TPSA) is 77.6 Å². The third-order valence-corrected chi connectivity index (χ3v) is 6.15. The van der Waals surface area contributed by atoms with Gasteiger partial charge in [0.15, 0.2) is 5.82 Å². The normalized spacial score (nSPS) is 18.0. The van der Waals surface area contributed by atoms with Crippen molar-refractivity contribution in [2.75, 3.05) is 18.0 Å². The number of imidazole rings is 1. The van der Waals surface area contributed by atoms with Gasteiger partial charge in [-0.1, -0.05) is 25.2 Å². The molecule has 4 rings (SSSR count). The summed E-state index contributed by atoms with van der Waals surface area (Å²) in [4.78, 5) is 6.44. The van der Waals surface area contributed by atoms with Crippen LogP contribution in [0.3, 0.4) is 0 Å². The molecular formula is C17H24N8S. The van der Waals surface area contributed by atoms with Crippen LogP contribution in [-0.2, 0) is 13.6 Å². The summed E-state index contributed by atoms with van der Waals surface area (Å²) in [6, 6.07) is 0. The van der Waals surface area contributed by atoms with E-state index in [1.807, 2.05) is 10.8 Å². The average molecular weight is 373 g/mol. The van der Waals surface area contributed by atoms with E-state index in [-0.39, 0.29) is 0 Å². The number of rotatable bonds is 5. The van der Waals surface area contributed by atoms with Crippen LogP contribution in [0, 0.1) is 0 Å². The molecule has 4 heterocycles. The van der Waals surface area contributed by atoms with Gasteiger partial charge in [0.05, 0.1) is 12.9 Å². The van der Waals surface area contributed by atoms with Crippen molar-refractivity contribution in [3.05, 3.63) is 35.4 Å². The number of piperidine rings is 1. The zero-order valence-electron chi connectivity index (χ0n) is 15.4. The maximum absolute atomic E-state index is 4.50. The molecule has 0 saturated carbocycles. The smallest absolute Gasteiger partial charge is 0.208 e. The van der Waals surface area contributed by atoms with Crippen LogP contribution in [0.2, 0.25) is 0 Å². The van der Waals surface area contributed by atoms with Gasteiger partial charge in [0, 0.05) is 44.4 Å². The molecule has 1 aliphatic rings. The quantitative estimate of drug-likeness (QED) is 0.684. The molecule has 1 saturated heterocycles. The van der Waals surface area contributed by atoms with Gasteiger partial charge in [0.25, 0.3) is 0 Å². The third-order valence-electron chi connectivity index (χ3n) is 4.86. The number of hydrogen-bond donors (Lipinski definition) is 0. The zero-order chi connectivity index (χ0) is 18.1. The van der Waals surface area contributed by atoms with E-state index >= 15 is 0 Å². The molecule has 0 aromatic carbocycles. The second kappa shape index (κ2) is 7.14. The molecule has 0 radical (unpaired) electrons. The highest BCUT2D eigenvalue weighted by atomic mass is 32.1. The largest absolute Gasteiger partial charge is 0.346 e. The first kappa shape index (κ1) is 17.1. The summed E-state index contributed by atoms with van der Waals surface area (Å²) in [6.07, 6.45) is 7.79. The van der Waals surface area contributed by atoms with Gasteiger partial charge in [0.1, 0.15) is 10.8 Å². The van der Waals surface area contributed by atoms with Gasteiger partial charge in [-0.15, -0.1) is 20.4 Å². The molecule has 0 amide bonds. The summed E-state index contributed by atoms with van der Waals surface area (Å²) >= 11 is 1.71. The van der Waals surface area contributed by atoms with Crippen LogP contribution in [0.25, 0.3) is 0 Å². The Balaban J connectivity index is 1.50. The lowest BCUT2D eigenvalue weighted by Crippen LogP contribution is -2.35. The van der Waals surface area contributed by atoms with Crippen LogP contribution in [0.1, 0.15) is 55.2 Å². The van der Waals surface area contributed by atoms with Crippen molar-refractivity contribution in [1.29, 1.82) is 0 Å². The predicted octanol–water partition coefficient (Wildman–Crippen LogP) is 2.42. The fourth-order valence-corrected chi connectivity index (χ4v) is 4.24. The van der Waals surface area contributed by atoms with Crippen molar-refractivity contribution in [2.24, 2.45) is 7.05 Å². The first-order valence-electron chi connectivity index (χ1n) is 9.04. The fourth-order valence-electron chi connectivity index (χ4n) is 3.36. The van der Waals surface area contributed by atoms with Crippen LogP contribution in [0.4, 0.5) is 5.13 Å². The summed E-state index contributed by atoms with van der Waals surface area (Å²) in [6.45, 7) is 6.95. The molecule has 0 spiro atoms. The summed E-state index contributed by atoms with van der Waals surface area (Å²) < 4.78 is 4.14. The molecule has 1 aliphatic heterocycles. The van der Waals surface area contributed by atoms with Crippen LogP contribution in [0.15, 0.2) is 18.7 Å². The molecule has 9 heteroatoms. The lowest BCUT2D eigenvalue weighted by Gasteiger charge is -2.31. The molecule has 0 bridgehead atoms.